The lowest BCUT2D eigenvalue weighted by molar-refractivity contribution is 0.255. The number of hydrogen-bond acceptors (Lipinski definition) is 0. The minimum atomic E-state index is 0.642. The van der Waals surface area contributed by atoms with E-state index in [1.165, 1.54) is 49.7 Å². The Morgan fingerprint density at radius 1 is 0.652 bits per heavy atom. The normalized spacial score (nSPS) is 8.61. The fourth-order valence-electron chi connectivity index (χ4n) is 2.04. The van der Waals surface area contributed by atoms with Crippen molar-refractivity contribution in [3.8, 4) is 0 Å². The van der Waals surface area contributed by atoms with Crippen LogP contribution in [0.2, 0.25) is 0 Å². The summed E-state index contributed by atoms with van der Waals surface area (Å²) in [5.41, 5.74) is 3.62. The molecule has 0 spiro atoms. The van der Waals surface area contributed by atoms with Gasteiger partial charge < -0.3 is 0 Å². The zero-order valence-corrected chi connectivity index (χ0v) is 19.7. The summed E-state index contributed by atoms with van der Waals surface area (Å²) in [6.07, 6.45) is 8.01. The molecule has 0 heteroatoms. The molecule has 23 heavy (non-hydrogen) atoms. The van der Waals surface area contributed by atoms with Gasteiger partial charge in [0.2, 0.25) is 0 Å². The summed E-state index contributed by atoms with van der Waals surface area (Å²) >= 11 is 0. The van der Waals surface area contributed by atoms with E-state index >= 15 is 0 Å². The van der Waals surface area contributed by atoms with E-state index in [0.717, 1.165) is 0 Å². The van der Waals surface area contributed by atoms with Crippen LogP contribution < -0.4 is 0 Å². The highest BCUT2D eigenvalue weighted by atomic mass is 14.2. The van der Waals surface area contributed by atoms with Crippen LogP contribution in [0, 0.1) is 5.41 Å². The minimum Gasteiger partial charge on any atom is -0.0775 e. The quantitative estimate of drug-likeness (QED) is 0.425. The smallest absolute Gasteiger partial charge is 0.0329 e. The second kappa shape index (κ2) is 29.7. The molecule has 0 aromatic heterocycles. The van der Waals surface area contributed by atoms with Gasteiger partial charge in [-0.05, 0) is 45.4 Å². The zero-order chi connectivity index (χ0) is 19.9. The minimum absolute atomic E-state index is 0.642. The average molecular weight is 331 g/mol. The fourth-order valence-corrected chi connectivity index (χ4v) is 2.04. The van der Waals surface area contributed by atoms with Gasteiger partial charge in [0.15, 0.2) is 0 Å². The average Bonchev–Trinajstić information content (AvgIpc) is 2.60. The van der Waals surface area contributed by atoms with Crippen molar-refractivity contribution in [2.45, 2.75) is 135 Å². The highest BCUT2D eigenvalue weighted by Gasteiger charge is 2.18. The summed E-state index contributed by atoms with van der Waals surface area (Å²) in [6.45, 7) is 30.0. The van der Waals surface area contributed by atoms with E-state index in [1.54, 1.807) is 0 Å². The molecule has 0 rings (SSSR count). The Kier molecular flexibility index (Phi) is 44.1. The van der Waals surface area contributed by atoms with E-state index in [2.05, 4.69) is 55.4 Å². The van der Waals surface area contributed by atoms with Crippen molar-refractivity contribution in [3.63, 3.8) is 0 Å². The first-order valence-corrected chi connectivity index (χ1v) is 10.5. The Balaban J connectivity index is -0.0000000726. The maximum Gasteiger partial charge on any atom is -0.0329 e. The van der Waals surface area contributed by atoms with Crippen LogP contribution in [-0.4, -0.2) is 0 Å². The molecule has 0 saturated carbocycles. The number of hydrogen-bond donors (Lipinski definition) is 0. The Labute approximate surface area is 152 Å². The molecule has 0 radical (unpaired) electrons. The molecule has 0 atom stereocenters. The third kappa shape index (κ3) is 30.2. The van der Waals surface area contributed by atoms with Crippen LogP contribution in [0.1, 0.15) is 135 Å². The van der Waals surface area contributed by atoms with Gasteiger partial charge in [-0.2, -0.15) is 0 Å². The van der Waals surface area contributed by atoms with Gasteiger partial charge in [0.25, 0.3) is 0 Å². The predicted molar refractivity (Wildman–Crippen MR) is 117 cm³/mol. The Morgan fingerprint density at radius 2 is 0.957 bits per heavy atom. The Bertz CT molecular complexity index is 188. The monoisotopic (exact) mass is 330 g/mol. The summed E-state index contributed by atoms with van der Waals surface area (Å²) in [5.74, 6) is 0. The molecule has 0 saturated heterocycles. The molecular formula is C23H54. The molecular weight excluding hydrogens is 276 g/mol. The Hall–Kier alpha value is -0.260. The molecule has 0 aromatic rings. The van der Waals surface area contributed by atoms with Gasteiger partial charge >= 0.3 is 0 Å². The second-order valence-electron chi connectivity index (χ2n) is 5.80. The molecule has 0 heterocycles. The second-order valence-corrected chi connectivity index (χ2v) is 5.80. The van der Waals surface area contributed by atoms with E-state index < -0.39 is 0 Å². The van der Waals surface area contributed by atoms with Crippen molar-refractivity contribution in [1.82, 2.24) is 0 Å². The molecule has 146 valence electrons. The lowest BCUT2D eigenvalue weighted by Gasteiger charge is -2.27. The van der Waals surface area contributed by atoms with Gasteiger partial charge in [-0.3, -0.25) is 0 Å². The third-order valence-electron chi connectivity index (χ3n) is 3.94. The largest absolute Gasteiger partial charge is 0.0775 e. The van der Waals surface area contributed by atoms with Crippen molar-refractivity contribution in [3.05, 3.63) is 11.1 Å². The van der Waals surface area contributed by atoms with Crippen LogP contribution in [0.3, 0.4) is 0 Å². The molecule has 0 aliphatic carbocycles. The molecule has 0 nitrogen and oxygen atoms in total. The predicted octanol–water partition coefficient (Wildman–Crippen LogP) is 9.83. The van der Waals surface area contributed by atoms with Crippen LogP contribution >= 0.6 is 0 Å². The topological polar surface area (TPSA) is 0 Å². The van der Waals surface area contributed by atoms with Gasteiger partial charge in [0, 0.05) is 0 Å². The molecule has 0 aliphatic rings. The van der Waals surface area contributed by atoms with Gasteiger partial charge in [-0.15, -0.1) is 0 Å². The SMILES string of the molecule is CC.CC.CC.CCC(C)=C(C)C.CCCC(C)(CC)CCC. The van der Waals surface area contributed by atoms with E-state index in [1.807, 2.05) is 41.5 Å². The maximum absolute atomic E-state index is 2.42. The van der Waals surface area contributed by atoms with Crippen LogP contribution in [-0.2, 0) is 0 Å². The van der Waals surface area contributed by atoms with Crippen LogP contribution in [0.5, 0.6) is 0 Å². The highest BCUT2D eigenvalue weighted by molar-refractivity contribution is 5.05. The zero-order valence-electron chi connectivity index (χ0n) is 19.7. The number of rotatable bonds is 6. The van der Waals surface area contributed by atoms with Crippen molar-refractivity contribution in [1.29, 1.82) is 0 Å². The van der Waals surface area contributed by atoms with Gasteiger partial charge in [-0.1, -0.05) is 107 Å². The summed E-state index contributed by atoms with van der Waals surface area (Å²) < 4.78 is 0. The lowest BCUT2D eigenvalue weighted by atomic mass is 9.79. The molecule has 0 amide bonds. The van der Waals surface area contributed by atoms with Crippen LogP contribution in [0.4, 0.5) is 0 Å². The van der Waals surface area contributed by atoms with Gasteiger partial charge in [0.1, 0.15) is 0 Å². The van der Waals surface area contributed by atoms with Crippen molar-refractivity contribution in [2.75, 3.05) is 0 Å². The van der Waals surface area contributed by atoms with E-state index in [9.17, 15) is 0 Å². The molecule has 0 aromatic carbocycles. The molecule has 0 fully saturated rings. The standard InChI is InChI=1S/C10H22.C7H14.3C2H6/c1-5-8-10(4,7-3)9-6-2;1-5-7(4)6(2)3;3*1-2/h5-9H2,1-4H3;5H2,1-4H3;3*1-2H3. The number of allylic oxidation sites excluding steroid dienone is 2. The van der Waals surface area contributed by atoms with E-state index in [4.69, 9.17) is 0 Å². The first-order valence-electron chi connectivity index (χ1n) is 10.5. The van der Waals surface area contributed by atoms with Crippen molar-refractivity contribution < 1.29 is 0 Å². The summed E-state index contributed by atoms with van der Waals surface area (Å²) in [4.78, 5) is 0. The summed E-state index contributed by atoms with van der Waals surface area (Å²) in [7, 11) is 0. The van der Waals surface area contributed by atoms with Gasteiger partial charge in [0.05, 0.1) is 0 Å². The van der Waals surface area contributed by atoms with Crippen LogP contribution in [0.25, 0.3) is 0 Å². The van der Waals surface area contributed by atoms with Crippen molar-refractivity contribution >= 4 is 0 Å². The molecule has 0 N–H and O–H groups in total. The molecule has 0 bridgehead atoms. The third-order valence-corrected chi connectivity index (χ3v) is 3.94. The summed E-state index contributed by atoms with van der Waals surface area (Å²) in [5, 5.41) is 0. The van der Waals surface area contributed by atoms with Gasteiger partial charge in [-0.25, -0.2) is 0 Å². The summed E-state index contributed by atoms with van der Waals surface area (Å²) in [6, 6.07) is 0. The highest BCUT2D eigenvalue weighted by Crippen LogP contribution is 2.32. The first-order chi connectivity index (χ1) is 10.9. The van der Waals surface area contributed by atoms with Crippen molar-refractivity contribution in [2.24, 2.45) is 5.41 Å². The first kappa shape index (κ1) is 34.2. The molecule has 0 unspecified atom stereocenters. The fraction of sp³-hybridized carbons (Fsp3) is 0.913. The Morgan fingerprint density at radius 3 is 1.04 bits per heavy atom. The van der Waals surface area contributed by atoms with E-state index in [-0.39, 0.29) is 0 Å². The maximum atomic E-state index is 2.42. The van der Waals surface area contributed by atoms with E-state index in [0.29, 0.717) is 5.41 Å². The molecule has 0 aliphatic heterocycles. The lowest BCUT2D eigenvalue weighted by Crippen LogP contribution is -2.13. The van der Waals surface area contributed by atoms with Crippen LogP contribution in [0.15, 0.2) is 11.1 Å².